The van der Waals surface area contributed by atoms with Gasteiger partial charge in [-0.25, -0.2) is 4.79 Å². The molecule has 16 heavy (non-hydrogen) atoms. The molecule has 4 heteroatoms. The number of carbonyl (C=O) groups is 1. The second-order valence-corrected chi connectivity index (χ2v) is 3.12. The highest BCUT2D eigenvalue weighted by atomic mass is 16.7. The molecule has 1 aromatic carbocycles. The van der Waals surface area contributed by atoms with Gasteiger partial charge in [-0.2, -0.15) is 0 Å². The number of hydrogen-bond acceptors (Lipinski definition) is 3. The van der Waals surface area contributed by atoms with E-state index >= 15 is 0 Å². The van der Waals surface area contributed by atoms with E-state index in [4.69, 9.17) is 14.6 Å². The van der Waals surface area contributed by atoms with Crippen LogP contribution in [0, 0.1) is 0 Å². The summed E-state index contributed by atoms with van der Waals surface area (Å²) in [4.78, 5) is 11.0. The zero-order valence-corrected chi connectivity index (χ0v) is 9.21. The Bertz CT molecular complexity index is 366. The van der Waals surface area contributed by atoms with Gasteiger partial charge in [-0.1, -0.05) is 30.3 Å². The molecule has 0 aliphatic heterocycles. The minimum Gasteiger partial charge on any atom is -0.478 e. The van der Waals surface area contributed by atoms with E-state index in [-0.39, 0.29) is 5.57 Å². The first-order valence-electron chi connectivity index (χ1n) is 4.74. The maximum Gasteiger partial charge on any atom is 0.336 e. The fourth-order valence-electron chi connectivity index (χ4n) is 1.31. The molecule has 4 nitrogen and oxygen atoms in total. The van der Waals surface area contributed by atoms with Crippen molar-refractivity contribution in [2.45, 2.75) is 6.29 Å². The fourth-order valence-corrected chi connectivity index (χ4v) is 1.31. The number of hydrogen-bond donors (Lipinski definition) is 1. The van der Waals surface area contributed by atoms with E-state index in [1.54, 1.807) is 0 Å². The number of carboxylic acids is 1. The van der Waals surface area contributed by atoms with Crippen LogP contribution in [0.4, 0.5) is 0 Å². The number of methoxy groups -OCH3 is 2. The van der Waals surface area contributed by atoms with Crippen molar-refractivity contribution in [1.82, 2.24) is 0 Å². The highest BCUT2D eigenvalue weighted by molar-refractivity contribution is 5.93. The van der Waals surface area contributed by atoms with Crippen LogP contribution >= 0.6 is 0 Å². The summed E-state index contributed by atoms with van der Waals surface area (Å²) in [5.41, 5.74) is 0.857. The van der Waals surface area contributed by atoms with Crippen molar-refractivity contribution < 1.29 is 19.4 Å². The Labute approximate surface area is 94.1 Å². The largest absolute Gasteiger partial charge is 0.478 e. The van der Waals surface area contributed by atoms with Gasteiger partial charge in [-0.15, -0.1) is 0 Å². The number of ether oxygens (including phenoxy) is 2. The number of rotatable bonds is 5. The predicted octanol–water partition coefficient (Wildman–Crippen LogP) is 1.77. The topological polar surface area (TPSA) is 55.8 Å². The first-order chi connectivity index (χ1) is 7.69. The summed E-state index contributed by atoms with van der Waals surface area (Å²) < 4.78 is 9.85. The average Bonchev–Trinajstić information content (AvgIpc) is 2.30. The van der Waals surface area contributed by atoms with Crippen molar-refractivity contribution >= 4 is 12.0 Å². The molecule has 0 radical (unpaired) electrons. The molecule has 1 N–H and O–H groups in total. The number of aliphatic carboxylic acids is 1. The summed E-state index contributed by atoms with van der Waals surface area (Å²) >= 11 is 0. The SMILES string of the molecule is COC(OC)C(=Cc1ccccc1)C(=O)O. The molecule has 1 rings (SSSR count). The number of carboxylic acid groups (broad SMARTS) is 1. The Morgan fingerprint density at radius 1 is 1.25 bits per heavy atom. The lowest BCUT2D eigenvalue weighted by atomic mass is 10.1. The van der Waals surface area contributed by atoms with E-state index in [0.717, 1.165) is 5.56 Å². The van der Waals surface area contributed by atoms with Crippen molar-refractivity contribution in [1.29, 1.82) is 0 Å². The standard InChI is InChI=1S/C12H14O4/c1-15-12(16-2)10(11(13)14)8-9-6-4-3-5-7-9/h3-8,12H,1-2H3,(H,13,14). The lowest BCUT2D eigenvalue weighted by Crippen LogP contribution is -2.21. The molecule has 0 unspecified atom stereocenters. The monoisotopic (exact) mass is 222 g/mol. The lowest BCUT2D eigenvalue weighted by molar-refractivity contribution is -0.139. The predicted molar refractivity (Wildman–Crippen MR) is 59.9 cm³/mol. The van der Waals surface area contributed by atoms with E-state index in [1.807, 2.05) is 30.3 Å². The molecule has 0 aliphatic carbocycles. The molecular weight excluding hydrogens is 208 g/mol. The Morgan fingerprint density at radius 3 is 2.25 bits per heavy atom. The minimum absolute atomic E-state index is 0.0659. The fraction of sp³-hybridized carbons (Fsp3) is 0.250. The van der Waals surface area contributed by atoms with Crippen LogP contribution in [0.1, 0.15) is 5.56 Å². The molecule has 0 spiro atoms. The van der Waals surface area contributed by atoms with E-state index in [9.17, 15) is 4.79 Å². The maximum absolute atomic E-state index is 11.0. The third-order valence-corrected chi connectivity index (χ3v) is 2.05. The zero-order chi connectivity index (χ0) is 12.0. The Hall–Kier alpha value is -1.65. The van der Waals surface area contributed by atoms with Gasteiger partial charge >= 0.3 is 5.97 Å². The molecular formula is C12H14O4. The summed E-state index contributed by atoms with van der Waals surface area (Å²) in [5.74, 6) is -1.06. The second-order valence-electron chi connectivity index (χ2n) is 3.12. The molecule has 0 atom stereocenters. The minimum atomic E-state index is -1.06. The highest BCUT2D eigenvalue weighted by Gasteiger charge is 2.19. The molecule has 0 aliphatic rings. The molecule has 0 fully saturated rings. The van der Waals surface area contributed by atoms with Crippen LogP contribution in [-0.2, 0) is 14.3 Å². The van der Waals surface area contributed by atoms with Crippen LogP contribution in [-0.4, -0.2) is 31.6 Å². The van der Waals surface area contributed by atoms with Crippen LogP contribution < -0.4 is 0 Å². The Kier molecular flexibility index (Phi) is 4.69. The lowest BCUT2D eigenvalue weighted by Gasteiger charge is -2.13. The first kappa shape index (κ1) is 12.4. The Balaban J connectivity index is 3.02. The third-order valence-electron chi connectivity index (χ3n) is 2.05. The average molecular weight is 222 g/mol. The summed E-state index contributed by atoms with van der Waals surface area (Å²) in [6.45, 7) is 0. The third kappa shape index (κ3) is 3.18. The Morgan fingerprint density at radius 2 is 1.81 bits per heavy atom. The normalized spacial score (nSPS) is 11.8. The van der Waals surface area contributed by atoms with Crippen LogP contribution in [0.5, 0.6) is 0 Å². The smallest absolute Gasteiger partial charge is 0.336 e. The summed E-state index contributed by atoms with van der Waals surface area (Å²) in [7, 11) is 2.80. The van der Waals surface area contributed by atoms with Crippen molar-refractivity contribution in [2.75, 3.05) is 14.2 Å². The summed E-state index contributed by atoms with van der Waals surface area (Å²) in [6, 6.07) is 9.15. The van der Waals surface area contributed by atoms with Crippen molar-refractivity contribution in [2.24, 2.45) is 0 Å². The van der Waals surface area contributed by atoms with Gasteiger partial charge in [0.25, 0.3) is 0 Å². The van der Waals surface area contributed by atoms with Crippen LogP contribution in [0.25, 0.3) is 6.08 Å². The van der Waals surface area contributed by atoms with E-state index < -0.39 is 12.3 Å². The van der Waals surface area contributed by atoms with Gasteiger partial charge in [0.05, 0.1) is 5.57 Å². The summed E-state index contributed by atoms with van der Waals surface area (Å²) in [6.07, 6.45) is 0.665. The van der Waals surface area contributed by atoms with Gasteiger partial charge in [0, 0.05) is 14.2 Å². The zero-order valence-electron chi connectivity index (χ0n) is 9.21. The van der Waals surface area contributed by atoms with Crippen LogP contribution in [0.2, 0.25) is 0 Å². The van der Waals surface area contributed by atoms with E-state index in [1.165, 1.54) is 20.3 Å². The van der Waals surface area contributed by atoms with Crippen molar-refractivity contribution in [3.05, 3.63) is 41.5 Å². The molecule has 0 saturated carbocycles. The molecule has 1 aromatic rings. The maximum atomic E-state index is 11.0. The highest BCUT2D eigenvalue weighted by Crippen LogP contribution is 2.13. The van der Waals surface area contributed by atoms with Gasteiger partial charge in [-0.3, -0.25) is 0 Å². The molecule has 0 aromatic heterocycles. The van der Waals surface area contributed by atoms with Gasteiger partial charge in [-0.05, 0) is 11.6 Å². The molecule has 0 amide bonds. The van der Waals surface area contributed by atoms with Gasteiger partial charge in [0.15, 0.2) is 6.29 Å². The molecule has 86 valence electrons. The first-order valence-corrected chi connectivity index (χ1v) is 4.74. The molecule has 0 saturated heterocycles. The van der Waals surface area contributed by atoms with Gasteiger partial charge in [0.1, 0.15) is 0 Å². The van der Waals surface area contributed by atoms with Crippen molar-refractivity contribution in [3.8, 4) is 0 Å². The van der Waals surface area contributed by atoms with Crippen LogP contribution in [0.15, 0.2) is 35.9 Å². The number of benzene rings is 1. The summed E-state index contributed by atoms with van der Waals surface area (Å²) in [5, 5.41) is 9.04. The molecule has 0 bridgehead atoms. The van der Waals surface area contributed by atoms with Crippen molar-refractivity contribution in [3.63, 3.8) is 0 Å². The van der Waals surface area contributed by atoms with Crippen LogP contribution in [0.3, 0.4) is 0 Å². The van der Waals surface area contributed by atoms with Gasteiger partial charge in [0.2, 0.25) is 0 Å². The second kappa shape index (κ2) is 6.05. The van der Waals surface area contributed by atoms with E-state index in [2.05, 4.69) is 0 Å². The van der Waals surface area contributed by atoms with Gasteiger partial charge < -0.3 is 14.6 Å². The quantitative estimate of drug-likeness (QED) is 0.609. The van der Waals surface area contributed by atoms with E-state index in [0.29, 0.717) is 0 Å². The molecule has 0 heterocycles.